The van der Waals surface area contributed by atoms with E-state index < -0.39 is 34.6 Å². The predicted molar refractivity (Wildman–Crippen MR) is 118 cm³/mol. The fourth-order valence-corrected chi connectivity index (χ4v) is 5.63. The number of carbonyl (C=O) groups excluding carboxylic acids is 3. The van der Waals surface area contributed by atoms with Gasteiger partial charge in [0, 0.05) is 28.8 Å². The van der Waals surface area contributed by atoms with Gasteiger partial charge in [-0.3, -0.25) is 29.4 Å². The number of imide groups is 1. The number of nitrogens with zero attached hydrogens (tertiary/aromatic N) is 3. The Bertz CT molecular complexity index is 1180. The van der Waals surface area contributed by atoms with Crippen molar-refractivity contribution in [2.45, 2.75) is 24.9 Å². The van der Waals surface area contributed by atoms with Crippen molar-refractivity contribution in [2.75, 3.05) is 18.6 Å². The molecule has 5 rings (SSSR count). The SMILES string of the molecule is COc1ccc([N+](=O)[O-])cc1N1C(=O)[C@@H]2[C@H](C1=O)[C@H](C(=O)c1ccc(Cl)cc1)N1CCC[C@@H]21. The molecule has 0 unspecified atom stereocenters. The number of methoxy groups -OCH3 is 1. The van der Waals surface area contributed by atoms with Crippen molar-refractivity contribution < 1.29 is 24.0 Å². The maximum absolute atomic E-state index is 13.7. The van der Waals surface area contributed by atoms with Gasteiger partial charge in [0.2, 0.25) is 11.8 Å². The first kappa shape index (κ1) is 21.5. The van der Waals surface area contributed by atoms with E-state index in [2.05, 4.69) is 0 Å². The number of nitro groups is 1. The molecule has 0 radical (unpaired) electrons. The van der Waals surface area contributed by atoms with Crippen molar-refractivity contribution in [1.29, 1.82) is 0 Å². The van der Waals surface area contributed by atoms with Crippen LogP contribution < -0.4 is 9.64 Å². The van der Waals surface area contributed by atoms with Gasteiger partial charge in [-0.2, -0.15) is 0 Å². The molecule has 3 aliphatic rings. The number of halogens is 1. The number of carbonyl (C=O) groups is 3. The summed E-state index contributed by atoms with van der Waals surface area (Å²) in [5.74, 6) is -2.61. The Morgan fingerprint density at radius 3 is 2.48 bits per heavy atom. The Balaban J connectivity index is 1.58. The molecule has 2 amide bonds. The molecule has 0 bridgehead atoms. The number of amides is 2. The first-order valence-corrected chi connectivity index (χ1v) is 11.0. The van der Waals surface area contributed by atoms with Crippen LogP contribution in [0.15, 0.2) is 42.5 Å². The zero-order valence-corrected chi connectivity index (χ0v) is 18.4. The standard InChI is InChI=1S/C23H20ClN3O6/c1-33-17-9-8-14(27(31)32)11-16(17)26-22(29)18-15-3-2-10-25(15)20(19(18)23(26)30)21(28)12-4-6-13(24)7-5-12/h4-9,11,15,18-20H,2-3,10H2,1H3/t15-,18-,19-,20+/m0/s1. The zero-order chi connectivity index (χ0) is 23.4. The summed E-state index contributed by atoms with van der Waals surface area (Å²) in [7, 11) is 1.36. The Morgan fingerprint density at radius 2 is 1.82 bits per heavy atom. The van der Waals surface area contributed by atoms with Crippen molar-refractivity contribution in [3.05, 3.63) is 63.2 Å². The minimum Gasteiger partial charge on any atom is -0.495 e. The van der Waals surface area contributed by atoms with Gasteiger partial charge in [-0.15, -0.1) is 0 Å². The number of hydrogen-bond acceptors (Lipinski definition) is 7. The Morgan fingerprint density at radius 1 is 1.12 bits per heavy atom. The molecular weight excluding hydrogens is 450 g/mol. The van der Waals surface area contributed by atoms with E-state index in [1.54, 1.807) is 24.3 Å². The van der Waals surface area contributed by atoms with E-state index in [-0.39, 0.29) is 28.9 Å². The third-order valence-electron chi connectivity index (χ3n) is 6.86. The topological polar surface area (TPSA) is 110 Å². The van der Waals surface area contributed by atoms with Crippen molar-refractivity contribution in [3.63, 3.8) is 0 Å². The molecular formula is C23H20ClN3O6. The van der Waals surface area contributed by atoms with Gasteiger partial charge in [0.05, 0.1) is 29.9 Å². The molecule has 3 fully saturated rings. The smallest absolute Gasteiger partial charge is 0.271 e. The summed E-state index contributed by atoms with van der Waals surface area (Å²) < 4.78 is 5.29. The minimum atomic E-state index is -0.866. The number of non-ortho nitro benzene ring substituents is 1. The number of fused-ring (bicyclic) bond motifs is 3. The second-order valence-corrected chi connectivity index (χ2v) is 8.88. The number of Topliss-reactive ketones (excluding diaryl/α,β-unsaturated/α-hetero) is 1. The van der Waals surface area contributed by atoms with Crippen LogP contribution in [0, 0.1) is 22.0 Å². The molecule has 0 spiro atoms. The van der Waals surface area contributed by atoms with Crippen LogP contribution in [0.25, 0.3) is 0 Å². The average Bonchev–Trinajstić information content (AvgIpc) is 3.45. The highest BCUT2D eigenvalue weighted by Crippen LogP contribution is 2.50. The fraction of sp³-hybridized carbons (Fsp3) is 0.348. The predicted octanol–water partition coefficient (Wildman–Crippen LogP) is 3.09. The van der Waals surface area contributed by atoms with Gasteiger partial charge in [-0.1, -0.05) is 11.6 Å². The normalized spacial score (nSPS) is 26.4. The Labute approximate surface area is 194 Å². The van der Waals surface area contributed by atoms with Crippen LogP contribution in [0.4, 0.5) is 11.4 Å². The van der Waals surface area contributed by atoms with E-state index in [4.69, 9.17) is 16.3 Å². The van der Waals surface area contributed by atoms with Crippen molar-refractivity contribution in [2.24, 2.45) is 11.8 Å². The van der Waals surface area contributed by atoms with Gasteiger partial charge >= 0.3 is 0 Å². The Kier molecular flexibility index (Phi) is 5.18. The molecule has 2 aromatic carbocycles. The van der Waals surface area contributed by atoms with Crippen LogP contribution >= 0.6 is 11.6 Å². The summed E-state index contributed by atoms with van der Waals surface area (Å²) in [5, 5.41) is 11.8. The van der Waals surface area contributed by atoms with Gasteiger partial charge in [0.1, 0.15) is 11.4 Å². The van der Waals surface area contributed by atoms with Crippen molar-refractivity contribution in [1.82, 2.24) is 4.90 Å². The number of anilines is 1. The van der Waals surface area contributed by atoms with E-state index in [0.29, 0.717) is 23.6 Å². The summed E-state index contributed by atoms with van der Waals surface area (Å²) in [6.07, 6.45) is 1.52. The lowest BCUT2D eigenvalue weighted by Gasteiger charge is -2.28. The molecule has 10 heteroatoms. The second kappa shape index (κ2) is 7.93. The maximum Gasteiger partial charge on any atom is 0.271 e. The van der Waals surface area contributed by atoms with Gasteiger partial charge in [-0.05, 0) is 49.7 Å². The molecule has 0 aliphatic carbocycles. The fourth-order valence-electron chi connectivity index (χ4n) is 5.50. The third kappa shape index (κ3) is 3.22. The molecule has 3 heterocycles. The number of ketones is 1. The maximum atomic E-state index is 13.7. The lowest BCUT2D eigenvalue weighted by Crippen LogP contribution is -2.46. The summed E-state index contributed by atoms with van der Waals surface area (Å²) in [4.78, 5) is 54.4. The van der Waals surface area contributed by atoms with Gasteiger partial charge < -0.3 is 4.74 Å². The lowest BCUT2D eigenvalue weighted by molar-refractivity contribution is -0.384. The van der Waals surface area contributed by atoms with Crippen molar-refractivity contribution in [3.8, 4) is 5.75 Å². The number of nitro benzene ring substituents is 1. The largest absolute Gasteiger partial charge is 0.495 e. The monoisotopic (exact) mass is 469 g/mol. The van der Waals surface area contributed by atoms with Crippen LogP contribution in [0.1, 0.15) is 23.2 Å². The zero-order valence-electron chi connectivity index (χ0n) is 17.6. The Hall–Kier alpha value is -3.30. The molecule has 2 aromatic rings. The first-order chi connectivity index (χ1) is 15.8. The number of hydrogen-bond donors (Lipinski definition) is 0. The second-order valence-electron chi connectivity index (χ2n) is 8.44. The summed E-state index contributed by atoms with van der Waals surface area (Å²) >= 11 is 5.96. The van der Waals surface area contributed by atoms with E-state index >= 15 is 0 Å². The highest BCUT2D eigenvalue weighted by Gasteiger charge is 2.65. The van der Waals surface area contributed by atoms with Gasteiger partial charge in [0.25, 0.3) is 5.69 Å². The van der Waals surface area contributed by atoms with Gasteiger partial charge in [-0.25, -0.2) is 4.90 Å². The highest BCUT2D eigenvalue weighted by molar-refractivity contribution is 6.30. The van der Waals surface area contributed by atoms with E-state index in [0.717, 1.165) is 17.4 Å². The number of rotatable bonds is 5. The van der Waals surface area contributed by atoms with E-state index in [1.807, 2.05) is 4.90 Å². The van der Waals surface area contributed by atoms with Crippen LogP contribution in [-0.2, 0) is 9.59 Å². The molecule has 3 aliphatic heterocycles. The lowest BCUT2D eigenvalue weighted by atomic mass is 9.85. The molecule has 33 heavy (non-hydrogen) atoms. The molecule has 0 aromatic heterocycles. The number of benzene rings is 2. The summed E-state index contributed by atoms with van der Waals surface area (Å²) in [6, 6.07) is 9.22. The highest BCUT2D eigenvalue weighted by atomic mass is 35.5. The summed E-state index contributed by atoms with van der Waals surface area (Å²) in [5.41, 5.74) is 0.181. The number of ether oxygens (including phenoxy) is 1. The molecule has 0 N–H and O–H groups in total. The van der Waals surface area contributed by atoms with Crippen LogP contribution in [0.5, 0.6) is 5.75 Å². The average molecular weight is 470 g/mol. The summed E-state index contributed by atoms with van der Waals surface area (Å²) in [6.45, 7) is 0.627. The van der Waals surface area contributed by atoms with Crippen LogP contribution in [0.3, 0.4) is 0 Å². The molecule has 9 nitrogen and oxygen atoms in total. The molecule has 4 atom stereocenters. The van der Waals surface area contributed by atoms with Crippen LogP contribution in [0.2, 0.25) is 5.02 Å². The molecule has 170 valence electrons. The van der Waals surface area contributed by atoms with Crippen LogP contribution in [-0.4, -0.2) is 53.2 Å². The molecule has 3 saturated heterocycles. The van der Waals surface area contributed by atoms with Crippen molar-refractivity contribution >= 4 is 40.6 Å². The van der Waals surface area contributed by atoms with Gasteiger partial charge in [0.15, 0.2) is 5.78 Å². The first-order valence-electron chi connectivity index (χ1n) is 10.6. The quantitative estimate of drug-likeness (QED) is 0.286. The molecule has 0 saturated carbocycles. The van der Waals surface area contributed by atoms with E-state index in [9.17, 15) is 24.5 Å². The van der Waals surface area contributed by atoms with E-state index in [1.165, 1.54) is 19.2 Å². The minimum absolute atomic E-state index is 0.0262. The third-order valence-corrected chi connectivity index (χ3v) is 7.12.